The normalized spacial score (nSPS) is 16.1. The monoisotopic (exact) mass is 511 g/mol. The maximum Gasteiger partial charge on any atom is 0.258 e. The van der Waals surface area contributed by atoms with Gasteiger partial charge in [0.2, 0.25) is 10.0 Å². The first kappa shape index (κ1) is 22.7. The van der Waals surface area contributed by atoms with Gasteiger partial charge in [0.25, 0.3) is 5.56 Å². The van der Waals surface area contributed by atoms with Crippen molar-refractivity contribution >= 4 is 49.8 Å². The van der Waals surface area contributed by atoms with Crippen LogP contribution in [0.25, 0.3) is 22.0 Å². The molecule has 6 nitrogen and oxygen atoms in total. The van der Waals surface area contributed by atoms with Crippen molar-refractivity contribution in [2.24, 2.45) is 5.10 Å². The zero-order valence-electron chi connectivity index (χ0n) is 18.0. The summed E-state index contributed by atoms with van der Waals surface area (Å²) in [7, 11) is -3.74. The van der Waals surface area contributed by atoms with Gasteiger partial charge in [-0.1, -0.05) is 71.7 Å². The predicted octanol–water partition coefficient (Wildman–Crippen LogP) is 5.61. The van der Waals surface area contributed by atoms with E-state index in [1.54, 1.807) is 42.5 Å². The number of aromatic nitrogens is 1. The van der Waals surface area contributed by atoms with E-state index in [0.29, 0.717) is 38.0 Å². The van der Waals surface area contributed by atoms with Crippen LogP contribution in [-0.4, -0.2) is 29.8 Å². The number of hydrogen-bond donors (Lipinski definition) is 1. The number of benzene rings is 3. The number of pyridine rings is 1. The minimum Gasteiger partial charge on any atom is -0.321 e. The summed E-state index contributed by atoms with van der Waals surface area (Å²) in [6.45, 7) is 0. The van der Waals surface area contributed by atoms with E-state index in [0.717, 1.165) is 21.6 Å². The average Bonchev–Trinajstić information content (AvgIpc) is 3.25. The van der Waals surface area contributed by atoms with Crippen LogP contribution in [0, 0.1) is 0 Å². The molecule has 0 fully saturated rings. The third-order valence-corrected chi connectivity index (χ3v) is 7.40. The van der Waals surface area contributed by atoms with E-state index in [1.165, 1.54) is 0 Å². The Balaban J connectivity index is 1.79. The number of hydrazone groups is 1. The molecule has 0 saturated carbocycles. The summed E-state index contributed by atoms with van der Waals surface area (Å²) in [4.78, 5) is 16.3. The highest BCUT2D eigenvalue weighted by Gasteiger charge is 2.37. The van der Waals surface area contributed by atoms with Crippen LogP contribution in [0.5, 0.6) is 0 Å². The fourth-order valence-corrected chi connectivity index (χ4v) is 5.70. The Bertz CT molecular complexity index is 1620. The van der Waals surface area contributed by atoms with Crippen LogP contribution in [-0.2, 0) is 10.0 Å². The lowest BCUT2D eigenvalue weighted by atomic mass is 9.91. The summed E-state index contributed by atoms with van der Waals surface area (Å²) in [5, 5.41) is 6.14. The van der Waals surface area contributed by atoms with Gasteiger partial charge in [-0.25, -0.2) is 8.42 Å². The maximum atomic E-state index is 13.4. The first-order valence-corrected chi connectivity index (χ1v) is 13.1. The van der Waals surface area contributed by atoms with Crippen LogP contribution in [0.4, 0.5) is 0 Å². The maximum absolute atomic E-state index is 13.4. The molecule has 1 unspecified atom stereocenters. The van der Waals surface area contributed by atoms with Gasteiger partial charge >= 0.3 is 0 Å². The van der Waals surface area contributed by atoms with Gasteiger partial charge in [-0.05, 0) is 35.4 Å². The molecule has 1 atom stereocenters. The molecule has 0 radical (unpaired) electrons. The average molecular weight is 512 g/mol. The standard InChI is InChI=1S/C25H19Cl2N3O3S/c1-34(32,33)30-22(17-9-5-6-10-19(17)27)14-21(29-30)24-23(15-7-3-2-4-8-15)18-13-16(26)11-12-20(18)28-25(24)31/h2-13,22H,14H2,1H3,(H,28,31). The number of fused-ring (bicyclic) bond motifs is 1. The lowest BCUT2D eigenvalue weighted by Crippen LogP contribution is -2.26. The van der Waals surface area contributed by atoms with E-state index in [4.69, 9.17) is 23.2 Å². The number of nitrogens with one attached hydrogen (secondary N) is 1. The second kappa shape index (κ2) is 8.58. The Morgan fingerprint density at radius 2 is 1.68 bits per heavy atom. The molecule has 1 aromatic heterocycles. The Hall–Kier alpha value is -3.13. The zero-order chi connectivity index (χ0) is 24.0. The van der Waals surface area contributed by atoms with Gasteiger partial charge in [0, 0.05) is 32.9 Å². The Kier molecular flexibility index (Phi) is 5.72. The van der Waals surface area contributed by atoms with Crippen LogP contribution in [0.2, 0.25) is 10.0 Å². The van der Waals surface area contributed by atoms with Gasteiger partial charge in [-0.3, -0.25) is 4.79 Å². The second-order valence-electron chi connectivity index (χ2n) is 8.08. The summed E-state index contributed by atoms with van der Waals surface area (Å²) in [5.74, 6) is 0. The number of aromatic amines is 1. The van der Waals surface area contributed by atoms with E-state index in [2.05, 4.69) is 10.1 Å². The van der Waals surface area contributed by atoms with Crippen molar-refractivity contribution in [3.8, 4) is 11.1 Å². The lowest BCUT2D eigenvalue weighted by Gasteiger charge is -2.22. The molecular formula is C25H19Cl2N3O3S. The van der Waals surface area contributed by atoms with Gasteiger partial charge in [-0.2, -0.15) is 9.52 Å². The lowest BCUT2D eigenvalue weighted by molar-refractivity contribution is 0.375. The van der Waals surface area contributed by atoms with Crippen LogP contribution in [0.1, 0.15) is 23.6 Å². The zero-order valence-corrected chi connectivity index (χ0v) is 20.3. The minimum atomic E-state index is -3.74. The van der Waals surface area contributed by atoms with Gasteiger partial charge in [0.15, 0.2) is 0 Å². The van der Waals surface area contributed by atoms with E-state index in [-0.39, 0.29) is 12.0 Å². The van der Waals surface area contributed by atoms with E-state index in [1.807, 2.05) is 30.3 Å². The first-order valence-electron chi connectivity index (χ1n) is 10.5. The fraction of sp³-hybridized carbons (Fsp3) is 0.120. The molecule has 0 amide bonds. The summed E-state index contributed by atoms with van der Waals surface area (Å²) in [6.07, 6.45) is 1.28. The van der Waals surface area contributed by atoms with E-state index >= 15 is 0 Å². The second-order valence-corrected chi connectivity index (χ2v) is 10.8. The van der Waals surface area contributed by atoms with Gasteiger partial charge < -0.3 is 4.98 Å². The molecule has 5 rings (SSSR count). The molecule has 172 valence electrons. The van der Waals surface area contributed by atoms with Gasteiger partial charge in [-0.15, -0.1) is 0 Å². The Morgan fingerprint density at radius 1 is 0.971 bits per heavy atom. The Morgan fingerprint density at radius 3 is 2.38 bits per heavy atom. The van der Waals surface area contributed by atoms with Gasteiger partial charge in [0.05, 0.1) is 23.6 Å². The van der Waals surface area contributed by atoms with Crippen molar-refractivity contribution < 1.29 is 8.42 Å². The summed E-state index contributed by atoms with van der Waals surface area (Å²) in [6, 6.07) is 21.1. The van der Waals surface area contributed by atoms with Crippen molar-refractivity contribution in [3.05, 3.63) is 104 Å². The largest absolute Gasteiger partial charge is 0.321 e. The molecule has 9 heteroatoms. The van der Waals surface area contributed by atoms with E-state index < -0.39 is 16.1 Å². The molecule has 1 aliphatic rings. The first-order chi connectivity index (χ1) is 16.2. The smallest absolute Gasteiger partial charge is 0.258 e. The molecule has 0 aliphatic carbocycles. The molecule has 3 aromatic carbocycles. The SMILES string of the molecule is CS(=O)(=O)N1N=C(c2c(-c3ccccc3)c3cc(Cl)ccc3[nH]c2=O)CC1c1ccccc1Cl. The van der Waals surface area contributed by atoms with Crippen molar-refractivity contribution in [1.29, 1.82) is 0 Å². The van der Waals surface area contributed by atoms with Crippen LogP contribution in [0.15, 0.2) is 82.7 Å². The third-order valence-electron chi connectivity index (χ3n) is 5.80. The molecule has 0 saturated heterocycles. The molecule has 0 spiro atoms. The fourth-order valence-electron chi connectivity index (χ4n) is 4.37. The third kappa shape index (κ3) is 4.00. The molecule has 1 N–H and O–H groups in total. The molecule has 1 aliphatic heterocycles. The van der Waals surface area contributed by atoms with Crippen LogP contribution < -0.4 is 5.56 Å². The van der Waals surface area contributed by atoms with Crippen molar-refractivity contribution in [2.45, 2.75) is 12.5 Å². The minimum absolute atomic E-state index is 0.186. The van der Waals surface area contributed by atoms with Gasteiger partial charge in [0.1, 0.15) is 0 Å². The predicted molar refractivity (Wildman–Crippen MR) is 137 cm³/mol. The van der Waals surface area contributed by atoms with Crippen LogP contribution in [0.3, 0.4) is 0 Å². The quantitative estimate of drug-likeness (QED) is 0.386. The number of hydrogen-bond acceptors (Lipinski definition) is 4. The molecule has 0 bridgehead atoms. The number of sulfonamides is 1. The summed E-state index contributed by atoms with van der Waals surface area (Å²) < 4.78 is 26.4. The van der Waals surface area contributed by atoms with Crippen molar-refractivity contribution in [3.63, 3.8) is 0 Å². The summed E-state index contributed by atoms with van der Waals surface area (Å²) in [5.41, 5.74) is 3.00. The number of rotatable bonds is 4. The van der Waals surface area contributed by atoms with Crippen molar-refractivity contribution in [2.75, 3.05) is 6.26 Å². The number of H-pyrrole nitrogens is 1. The molecule has 4 aromatic rings. The summed E-state index contributed by atoms with van der Waals surface area (Å²) >= 11 is 12.7. The highest BCUT2D eigenvalue weighted by Crippen LogP contribution is 2.40. The topological polar surface area (TPSA) is 82.6 Å². The van der Waals surface area contributed by atoms with Crippen molar-refractivity contribution in [1.82, 2.24) is 9.40 Å². The molecule has 34 heavy (non-hydrogen) atoms. The van der Waals surface area contributed by atoms with E-state index in [9.17, 15) is 13.2 Å². The number of nitrogens with zero attached hydrogens (tertiary/aromatic N) is 2. The molecule has 2 heterocycles. The Labute approximate surface area is 206 Å². The number of halogens is 2. The van der Waals surface area contributed by atoms with Crippen LogP contribution >= 0.6 is 23.2 Å². The highest BCUT2D eigenvalue weighted by atomic mass is 35.5. The highest BCUT2D eigenvalue weighted by molar-refractivity contribution is 7.88. The molecular weight excluding hydrogens is 493 g/mol.